The molecule has 204 valence electrons. The van der Waals surface area contributed by atoms with Gasteiger partial charge in [0.2, 0.25) is 0 Å². The molecule has 4 aromatic rings. The lowest BCUT2D eigenvalue weighted by Gasteiger charge is -2.36. The lowest BCUT2D eigenvalue weighted by molar-refractivity contribution is -0.00545. The number of nitrogens with zero attached hydrogens (tertiary/aromatic N) is 5. The SMILES string of the molecule is CC1CN(c2cccc(-c3ccc4cnc(CNC(=O)c5cn(SC(C)C)c(Cl)c5Cl)cc4n3)n2)CC(C)O1. The van der Waals surface area contributed by atoms with Gasteiger partial charge in [-0.2, -0.15) is 0 Å². The van der Waals surface area contributed by atoms with Crippen molar-refractivity contribution in [2.45, 2.75) is 51.7 Å². The van der Waals surface area contributed by atoms with Crippen molar-refractivity contribution in [1.29, 1.82) is 0 Å². The quantitative estimate of drug-likeness (QED) is 0.275. The van der Waals surface area contributed by atoms with E-state index >= 15 is 0 Å². The summed E-state index contributed by atoms with van der Waals surface area (Å²) in [6.07, 6.45) is 3.71. The number of carbonyl (C=O) groups excluding carboxylic acids is 1. The van der Waals surface area contributed by atoms with Gasteiger partial charge < -0.3 is 15.0 Å². The van der Waals surface area contributed by atoms with Crippen LogP contribution in [0, 0.1) is 0 Å². The second kappa shape index (κ2) is 11.7. The molecule has 2 unspecified atom stereocenters. The zero-order valence-corrected chi connectivity index (χ0v) is 24.5. The number of aromatic nitrogens is 4. The number of carbonyl (C=O) groups is 1. The monoisotopic (exact) mass is 584 g/mol. The molecule has 1 amide bonds. The van der Waals surface area contributed by atoms with Crippen LogP contribution in [0.25, 0.3) is 22.3 Å². The lowest BCUT2D eigenvalue weighted by Crippen LogP contribution is -2.45. The van der Waals surface area contributed by atoms with E-state index < -0.39 is 0 Å². The molecule has 1 fully saturated rings. The smallest absolute Gasteiger partial charge is 0.254 e. The van der Waals surface area contributed by atoms with E-state index in [9.17, 15) is 4.79 Å². The molecule has 0 aromatic carbocycles. The molecule has 5 heterocycles. The van der Waals surface area contributed by atoms with Crippen LogP contribution in [0.1, 0.15) is 43.7 Å². The molecule has 8 nitrogen and oxygen atoms in total. The van der Waals surface area contributed by atoms with Crippen LogP contribution in [0.2, 0.25) is 10.2 Å². The molecule has 4 aromatic heterocycles. The van der Waals surface area contributed by atoms with Crippen LogP contribution in [0.5, 0.6) is 0 Å². The van der Waals surface area contributed by atoms with Crippen molar-refractivity contribution in [2.75, 3.05) is 18.0 Å². The van der Waals surface area contributed by atoms with Crippen LogP contribution in [0.4, 0.5) is 5.82 Å². The van der Waals surface area contributed by atoms with Gasteiger partial charge >= 0.3 is 0 Å². The Kier molecular flexibility index (Phi) is 8.32. The fraction of sp³-hybridized carbons (Fsp3) is 0.357. The fourth-order valence-electron chi connectivity index (χ4n) is 4.57. The van der Waals surface area contributed by atoms with Crippen molar-refractivity contribution in [3.05, 3.63) is 70.2 Å². The number of rotatable bonds is 7. The van der Waals surface area contributed by atoms with Crippen LogP contribution < -0.4 is 10.2 Å². The van der Waals surface area contributed by atoms with Gasteiger partial charge in [-0.3, -0.25) is 13.8 Å². The second-order valence-corrected chi connectivity index (χ2v) is 12.2. The Bertz CT molecular complexity index is 1500. The zero-order chi connectivity index (χ0) is 27.7. The van der Waals surface area contributed by atoms with Gasteiger partial charge in [0.25, 0.3) is 5.91 Å². The molecule has 0 saturated carbocycles. The predicted octanol–water partition coefficient (Wildman–Crippen LogP) is 6.25. The number of amides is 1. The molecule has 0 radical (unpaired) electrons. The number of anilines is 1. The Balaban J connectivity index is 1.33. The Labute approximate surface area is 242 Å². The highest BCUT2D eigenvalue weighted by Crippen LogP contribution is 2.32. The highest BCUT2D eigenvalue weighted by atomic mass is 35.5. The third-order valence-electron chi connectivity index (χ3n) is 6.23. The lowest BCUT2D eigenvalue weighted by atomic mass is 10.1. The van der Waals surface area contributed by atoms with Crippen LogP contribution in [0.3, 0.4) is 0 Å². The molecule has 11 heteroatoms. The van der Waals surface area contributed by atoms with E-state index in [-0.39, 0.29) is 34.9 Å². The normalized spacial score (nSPS) is 17.7. The number of pyridine rings is 3. The van der Waals surface area contributed by atoms with Gasteiger partial charge in [-0.1, -0.05) is 43.1 Å². The summed E-state index contributed by atoms with van der Waals surface area (Å²) in [5, 5.41) is 4.64. The summed E-state index contributed by atoms with van der Waals surface area (Å²) in [4.78, 5) is 29.4. The van der Waals surface area contributed by atoms with Crippen molar-refractivity contribution in [3.63, 3.8) is 0 Å². The maximum Gasteiger partial charge on any atom is 0.254 e. The van der Waals surface area contributed by atoms with E-state index in [1.165, 1.54) is 11.9 Å². The number of halogens is 2. The molecule has 1 aliphatic heterocycles. The number of hydrogen-bond acceptors (Lipinski definition) is 7. The molecule has 39 heavy (non-hydrogen) atoms. The Morgan fingerprint density at radius 2 is 1.87 bits per heavy atom. The first kappa shape index (κ1) is 27.7. The van der Waals surface area contributed by atoms with Crippen molar-refractivity contribution in [3.8, 4) is 11.4 Å². The minimum Gasteiger partial charge on any atom is -0.372 e. The Morgan fingerprint density at radius 1 is 1.13 bits per heavy atom. The van der Waals surface area contributed by atoms with Gasteiger partial charge in [0.05, 0.1) is 51.9 Å². The van der Waals surface area contributed by atoms with Crippen LogP contribution in [0.15, 0.2) is 48.8 Å². The standard InChI is InChI=1S/C28H30Cl2N6O2S/c1-16(2)39-36-15-21(26(29)27(36)30)28(37)32-12-20-10-24-19(11-31-20)8-9-23(33-24)22-6-5-7-25(34-22)35-13-17(3)38-18(4)14-35/h5-11,15-18H,12-14H2,1-4H3,(H,32,37). The van der Waals surface area contributed by atoms with E-state index in [1.807, 2.05) is 50.2 Å². The highest BCUT2D eigenvalue weighted by molar-refractivity contribution is 7.98. The fourth-order valence-corrected chi connectivity index (χ4v) is 5.92. The first-order chi connectivity index (χ1) is 18.7. The maximum absolute atomic E-state index is 12.9. The van der Waals surface area contributed by atoms with Gasteiger partial charge in [0, 0.05) is 36.1 Å². The highest BCUT2D eigenvalue weighted by Gasteiger charge is 2.23. The van der Waals surface area contributed by atoms with E-state index in [0.717, 1.165) is 41.2 Å². The first-order valence-corrected chi connectivity index (χ1v) is 14.4. The molecule has 1 saturated heterocycles. The number of morpholine rings is 1. The van der Waals surface area contributed by atoms with E-state index in [4.69, 9.17) is 37.9 Å². The molecular weight excluding hydrogens is 555 g/mol. The average Bonchev–Trinajstić information content (AvgIpc) is 3.19. The van der Waals surface area contributed by atoms with Gasteiger partial charge in [0.15, 0.2) is 0 Å². The van der Waals surface area contributed by atoms with Crippen molar-refractivity contribution < 1.29 is 9.53 Å². The Morgan fingerprint density at radius 3 is 2.62 bits per heavy atom. The molecule has 1 aliphatic rings. The first-order valence-electron chi connectivity index (χ1n) is 12.8. The third kappa shape index (κ3) is 6.32. The summed E-state index contributed by atoms with van der Waals surface area (Å²) >= 11 is 14.1. The van der Waals surface area contributed by atoms with Gasteiger partial charge in [-0.05, 0) is 56.1 Å². The van der Waals surface area contributed by atoms with Crippen LogP contribution >= 0.6 is 35.1 Å². The van der Waals surface area contributed by atoms with Gasteiger partial charge in [-0.25, -0.2) is 9.97 Å². The molecular formula is C28H30Cl2N6O2S. The number of ether oxygens (including phenoxy) is 1. The topological polar surface area (TPSA) is 85.2 Å². The number of fused-ring (bicyclic) bond motifs is 1. The largest absolute Gasteiger partial charge is 0.372 e. The van der Waals surface area contributed by atoms with Crippen LogP contribution in [-0.4, -0.2) is 55.4 Å². The van der Waals surface area contributed by atoms with Crippen molar-refractivity contribution in [2.24, 2.45) is 0 Å². The summed E-state index contributed by atoms with van der Waals surface area (Å²) in [6.45, 7) is 10.1. The molecule has 0 spiro atoms. The van der Waals surface area contributed by atoms with Crippen molar-refractivity contribution in [1.82, 2.24) is 24.2 Å². The Hall–Kier alpha value is -2.85. The van der Waals surface area contributed by atoms with E-state index in [1.54, 1.807) is 16.4 Å². The molecule has 0 aliphatic carbocycles. The maximum atomic E-state index is 12.9. The van der Waals surface area contributed by atoms with Crippen LogP contribution in [-0.2, 0) is 11.3 Å². The number of hydrogen-bond donors (Lipinski definition) is 1. The molecule has 1 N–H and O–H groups in total. The molecule has 2 atom stereocenters. The molecule has 5 rings (SSSR count). The van der Waals surface area contributed by atoms with E-state index in [0.29, 0.717) is 16.4 Å². The predicted molar refractivity (Wildman–Crippen MR) is 159 cm³/mol. The van der Waals surface area contributed by atoms with Crippen molar-refractivity contribution >= 4 is 57.8 Å². The van der Waals surface area contributed by atoms with E-state index in [2.05, 4.69) is 29.0 Å². The summed E-state index contributed by atoms with van der Waals surface area (Å²) in [5.74, 6) is 0.593. The minimum absolute atomic E-state index is 0.149. The number of nitrogens with one attached hydrogen (secondary N) is 1. The summed E-state index contributed by atoms with van der Waals surface area (Å²) < 4.78 is 7.58. The summed E-state index contributed by atoms with van der Waals surface area (Å²) in [7, 11) is 0. The summed E-state index contributed by atoms with van der Waals surface area (Å²) in [5.41, 5.74) is 3.34. The van der Waals surface area contributed by atoms with Gasteiger partial charge in [-0.15, -0.1) is 0 Å². The zero-order valence-electron chi connectivity index (χ0n) is 22.2. The minimum atomic E-state index is -0.318. The van der Waals surface area contributed by atoms with Gasteiger partial charge in [0.1, 0.15) is 11.0 Å². The average molecular weight is 586 g/mol. The molecule has 0 bridgehead atoms. The second-order valence-electron chi connectivity index (χ2n) is 9.92. The summed E-state index contributed by atoms with van der Waals surface area (Å²) in [6, 6.07) is 11.8. The third-order valence-corrected chi connectivity index (χ3v) is 8.11.